The van der Waals surface area contributed by atoms with Gasteiger partial charge in [-0.25, -0.2) is 4.79 Å². The van der Waals surface area contributed by atoms with Crippen molar-refractivity contribution in [3.05, 3.63) is 40.6 Å². The van der Waals surface area contributed by atoms with Crippen molar-refractivity contribution in [2.75, 3.05) is 13.7 Å². The molecule has 1 aromatic heterocycles. The SMILES string of the molecule is COC(=O)[C@@H]1C[C@@H](O)CN1C(=O)c1cc(C)nc2cc(C)cc(C)c12. The third-order valence-corrected chi connectivity index (χ3v) is 4.62. The highest BCUT2D eigenvalue weighted by molar-refractivity contribution is 6.08. The van der Waals surface area contributed by atoms with E-state index in [2.05, 4.69) is 4.98 Å². The maximum Gasteiger partial charge on any atom is 0.328 e. The van der Waals surface area contributed by atoms with E-state index in [1.165, 1.54) is 12.0 Å². The first-order valence-electron chi connectivity index (χ1n) is 8.27. The van der Waals surface area contributed by atoms with E-state index in [9.17, 15) is 14.7 Å². The van der Waals surface area contributed by atoms with Gasteiger partial charge in [0.25, 0.3) is 5.91 Å². The average Bonchev–Trinajstić information content (AvgIpc) is 2.93. The number of aliphatic hydroxyl groups is 1. The van der Waals surface area contributed by atoms with Crippen LogP contribution < -0.4 is 0 Å². The fourth-order valence-electron chi connectivity index (χ4n) is 3.61. The largest absolute Gasteiger partial charge is 0.467 e. The van der Waals surface area contributed by atoms with Crippen LogP contribution in [0.4, 0.5) is 0 Å². The van der Waals surface area contributed by atoms with Crippen molar-refractivity contribution in [2.45, 2.75) is 39.3 Å². The quantitative estimate of drug-likeness (QED) is 0.844. The van der Waals surface area contributed by atoms with Crippen LogP contribution in [0.2, 0.25) is 0 Å². The molecular weight excluding hydrogens is 320 g/mol. The number of β-amino-alcohol motifs (C(OH)–C–C–N with tert-alkyl or cyclic N) is 1. The lowest BCUT2D eigenvalue weighted by atomic mass is 9.99. The Morgan fingerprint density at radius 1 is 1.24 bits per heavy atom. The third-order valence-electron chi connectivity index (χ3n) is 4.62. The Bertz CT molecular complexity index is 857. The van der Waals surface area contributed by atoms with Gasteiger partial charge in [-0.3, -0.25) is 9.78 Å². The highest BCUT2D eigenvalue weighted by Gasteiger charge is 2.40. The number of aromatic nitrogens is 1. The number of pyridine rings is 1. The summed E-state index contributed by atoms with van der Waals surface area (Å²) in [6, 6.07) is 4.93. The number of carbonyl (C=O) groups is 2. The number of hydrogen-bond donors (Lipinski definition) is 1. The van der Waals surface area contributed by atoms with Gasteiger partial charge in [-0.1, -0.05) is 6.07 Å². The molecule has 6 heteroatoms. The maximum atomic E-state index is 13.2. The molecule has 2 aromatic rings. The highest BCUT2D eigenvalue weighted by Crippen LogP contribution is 2.28. The molecule has 25 heavy (non-hydrogen) atoms. The summed E-state index contributed by atoms with van der Waals surface area (Å²) >= 11 is 0. The topological polar surface area (TPSA) is 79.7 Å². The summed E-state index contributed by atoms with van der Waals surface area (Å²) in [4.78, 5) is 31.2. The molecule has 2 atom stereocenters. The molecule has 1 aromatic carbocycles. The minimum Gasteiger partial charge on any atom is -0.467 e. The van der Waals surface area contributed by atoms with Crippen LogP contribution in [0.3, 0.4) is 0 Å². The minimum atomic E-state index is -0.762. The molecule has 132 valence electrons. The first-order chi connectivity index (χ1) is 11.8. The number of methoxy groups -OCH3 is 1. The van der Waals surface area contributed by atoms with Gasteiger partial charge in [-0.15, -0.1) is 0 Å². The Balaban J connectivity index is 2.12. The van der Waals surface area contributed by atoms with E-state index in [0.29, 0.717) is 5.56 Å². The van der Waals surface area contributed by atoms with Crippen LogP contribution in [-0.2, 0) is 9.53 Å². The predicted octanol–water partition coefficient (Wildman–Crippen LogP) is 1.91. The standard InChI is InChI=1S/C19H22N2O4/c1-10-5-11(2)17-14(7-12(3)20-15(17)6-10)18(23)21-9-13(22)8-16(21)19(24)25-4/h5-7,13,16,22H,8-9H2,1-4H3/t13-,16+/m1/s1. The van der Waals surface area contributed by atoms with Crippen molar-refractivity contribution in [3.63, 3.8) is 0 Å². The monoisotopic (exact) mass is 342 g/mol. The second-order valence-electron chi connectivity index (χ2n) is 6.67. The molecule has 1 fully saturated rings. The van der Waals surface area contributed by atoms with E-state index < -0.39 is 18.1 Å². The van der Waals surface area contributed by atoms with Crippen LogP contribution in [-0.4, -0.2) is 52.7 Å². The molecule has 1 aliphatic rings. The van der Waals surface area contributed by atoms with E-state index in [-0.39, 0.29) is 18.9 Å². The number of aliphatic hydroxyl groups excluding tert-OH is 1. The Hall–Kier alpha value is -2.47. The number of rotatable bonds is 2. The molecule has 1 amide bonds. The van der Waals surface area contributed by atoms with Crippen LogP contribution >= 0.6 is 0 Å². The van der Waals surface area contributed by atoms with E-state index in [1.807, 2.05) is 32.9 Å². The number of carbonyl (C=O) groups excluding carboxylic acids is 2. The molecule has 0 radical (unpaired) electrons. The Morgan fingerprint density at radius 2 is 1.96 bits per heavy atom. The molecule has 6 nitrogen and oxygen atoms in total. The molecule has 0 unspecified atom stereocenters. The number of esters is 1. The molecule has 0 spiro atoms. The first-order valence-corrected chi connectivity index (χ1v) is 8.27. The van der Waals surface area contributed by atoms with Crippen molar-refractivity contribution in [1.82, 2.24) is 9.88 Å². The van der Waals surface area contributed by atoms with Gasteiger partial charge in [0.15, 0.2) is 0 Å². The molecule has 1 aliphatic heterocycles. The number of hydrogen-bond acceptors (Lipinski definition) is 5. The van der Waals surface area contributed by atoms with Crippen molar-refractivity contribution < 1.29 is 19.4 Å². The molecule has 0 saturated carbocycles. The first kappa shape index (κ1) is 17.4. The predicted molar refractivity (Wildman–Crippen MR) is 93.4 cm³/mol. The van der Waals surface area contributed by atoms with Gasteiger partial charge in [0, 0.05) is 24.0 Å². The van der Waals surface area contributed by atoms with E-state index in [4.69, 9.17) is 4.74 Å². The number of benzene rings is 1. The number of nitrogens with zero attached hydrogens (tertiary/aromatic N) is 2. The molecule has 1 N–H and O–H groups in total. The lowest BCUT2D eigenvalue weighted by Crippen LogP contribution is -2.41. The minimum absolute atomic E-state index is 0.117. The number of likely N-dealkylation sites (tertiary alicyclic amines) is 1. The van der Waals surface area contributed by atoms with Crippen LogP contribution in [0.15, 0.2) is 18.2 Å². The van der Waals surface area contributed by atoms with E-state index in [0.717, 1.165) is 27.7 Å². The Morgan fingerprint density at radius 3 is 2.64 bits per heavy atom. The van der Waals surface area contributed by atoms with Crippen LogP contribution in [0.5, 0.6) is 0 Å². The third kappa shape index (κ3) is 3.09. The van der Waals surface area contributed by atoms with Crippen molar-refractivity contribution in [2.24, 2.45) is 0 Å². The number of amides is 1. The zero-order valence-corrected chi connectivity index (χ0v) is 14.9. The van der Waals surface area contributed by atoms with Crippen LogP contribution in [0.1, 0.15) is 33.6 Å². The average molecular weight is 342 g/mol. The smallest absolute Gasteiger partial charge is 0.328 e. The van der Waals surface area contributed by atoms with E-state index in [1.54, 1.807) is 6.07 Å². The van der Waals surface area contributed by atoms with Crippen molar-refractivity contribution in [3.8, 4) is 0 Å². The molecule has 2 heterocycles. The fourth-order valence-corrected chi connectivity index (χ4v) is 3.61. The van der Waals surface area contributed by atoms with Crippen LogP contribution in [0.25, 0.3) is 10.9 Å². The lowest BCUT2D eigenvalue weighted by Gasteiger charge is -2.23. The van der Waals surface area contributed by atoms with Crippen LogP contribution in [0, 0.1) is 20.8 Å². The summed E-state index contributed by atoms with van der Waals surface area (Å²) in [5.41, 5.74) is 4.03. The van der Waals surface area contributed by atoms with Gasteiger partial charge < -0.3 is 14.7 Å². The zero-order chi connectivity index (χ0) is 18.3. The molecule has 0 aliphatic carbocycles. The number of ether oxygens (including phenoxy) is 1. The van der Waals surface area contributed by atoms with Crippen molar-refractivity contribution in [1.29, 1.82) is 0 Å². The summed E-state index contributed by atoms with van der Waals surface area (Å²) < 4.78 is 4.79. The zero-order valence-electron chi connectivity index (χ0n) is 14.9. The van der Waals surface area contributed by atoms with Gasteiger partial charge in [0.05, 0.1) is 24.3 Å². The Kier molecular flexibility index (Phi) is 4.47. The molecular formula is C19H22N2O4. The number of fused-ring (bicyclic) bond motifs is 1. The highest BCUT2D eigenvalue weighted by atomic mass is 16.5. The van der Waals surface area contributed by atoms with E-state index >= 15 is 0 Å². The van der Waals surface area contributed by atoms with Gasteiger partial charge in [-0.2, -0.15) is 0 Å². The molecule has 3 rings (SSSR count). The van der Waals surface area contributed by atoms with Gasteiger partial charge in [-0.05, 0) is 44.0 Å². The summed E-state index contributed by atoms with van der Waals surface area (Å²) in [5.74, 6) is -0.790. The van der Waals surface area contributed by atoms with Crippen molar-refractivity contribution >= 4 is 22.8 Å². The normalized spacial score (nSPS) is 20.1. The number of aryl methyl sites for hydroxylation is 3. The maximum absolute atomic E-state index is 13.2. The van der Waals surface area contributed by atoms with Gasteiger partial charge in [0.1, 0.15) is 6.04 Å². The second kappa shape index (κ2) is 6.44. The second-order valence-corrected chi connectivity index (χ2v) is 6.67. The lowest BCUT2D eigenvalue weighted by molar-refractivity contribution is -0.145. The summed E-state index contributed by atoms with van der Waals surface area (Å²) in [5, 5.41) is 10.7. The summed E-state index contributed by atoms with van der Waals surface area (Å²) in [6.45, 7) is 5.89. The Labute approximate surface area is 146 Å². The van der Waals surface area contributed by atoms with Gasteiger partial charge >= 0.3 is 5.97 Å². The van der Waals surface area contributed by atoms with Gasteiger partial charge in [0.2, 0.25) is 0 Å². The molecule has 0 bridgehead atoms. The molecule has 1 saturated heterocycles. The summed E-state index contributed by atoms with van der Waals surface area (Å²) in [7, 11) is 1.29. The summed E-state index contributed by atoms with van der Waals surface area (Å²) in [6.07, 6.45) is -0.538. The fraction of sp³-hybridized carbons (Fsp3) is 0.421.